The lowest BCUT2D eigenvalue weighted by Gasteiger charge is -2.40. The first-order valence-electron chi connectivity index (χ1n) is 8.27. The molecule has 1 unspecified atom stereocenters. The van der Waals surface area contributed by atoms with Crippen molar-refractivity contribution in [2.75, 3.05) is 18.2 Å². The first-order chi connectivity index (χ1) is 10.3. The summed E-state index contributed by atoms with van der Waals surface area (Å²) in [6.07, 6.45) is 8.02. The molecule has 1 aromatic rings. The van der Waals surface area contributed by atoms with E-state index < -0.39 is 0 Å². The first kappa shape index (κ1) is 14.8. The monoisotopic (exact) mass is 304 g/mol. The van der Waals surface area contributed by atoms with Gasteiger partial charge in [-0.05, 0) is 62.0 Å². The first-order valence-corrected chi connectivity index (χ1v) is 8.67. The summed E-state index contributed by atoms with van der Waals surface area (Å²) in [5, 5.41) is 4.30. The predicted octanol–water partition coefficient (Wildman–Crippen LogP) is 2.08. The number of nitrogens with one attached hydrogen (secondary N) is 2. The molecule has 4 heteroatoms. The van der Waals surface area contributed by atoms with E-state index in [1.807, 2.05) is 0 Å². The molecule has 0 amide bonds. The molecule has 0 bridgehead atoms. The molecular weight excluding hydrogens is 278 g/mol. The zero-order valence-electron chi connectivity index (χ0n) is 12.9. The van der Waals surface area contributed by atoms with Crippen LogP contribution in [-0.2, 0) is 6.42 Å². The molecule has 1 aliphatic heterocycles. The highest BCUT2D eigenvalue weighted by Crippen LogP contribution is 2.18. The molecular formula is C17H26N3S+. The second-order valence-electron chi connectivity index (χ2n) is 6.26. The van der Waals surface area contributed by atoms with Gasteiger partial charge >= 0.3 is 0 Å². The van der Waals surface area contributed by atoms with Crippen LogP contribution >= 0.6 is 12.2 Å². The maximum atomic E-state index is 5.53. The Balaban J connectivity index is 1.71. The van der Waals surface area contributed by atoms with E-state index in [9.17, 15) is 0 Å². The van der Waals surface area contributed by atoms with Crippen molar-refractivity contribution in [1.29, 1.82) is 0 Å². The van der Waals surface area contributed by atoms with Crippen molar-refractivity contribution < 1.29 is 4.90 Å². The number of thiocarbonyl (C=S) groups is 1. The lowest BCUT2D eigenvalue weighted by Crippen LogP contribution is -3.20. The van der Waals surface area contributed by atoms with Crippen LogP contribution in [0.25, 0.3) is 0 Å². The summed E-state index contributed by atoms with van der Waals surface area (Å²) in [4.78, 5) is 3.91. The molecule has 3 rings (SSSR count). The van der Waals surface area contributed by atoms with Gasteiger partial charge in [-0.2, -0.15) is 0 Å². The van der Waals surface area contributed by atoms with Crippen LogP contribution in [0.15, 0.2) is 24.3 Å². The van der Waals surface area contributed by atoms with E-state index in [4.69, 9.17) is 12.2 Å². The van der Waals surface area contributed by atoms with Gasteiger partial charge < -0.3 is 5.32 Å². The lowest BCUT2D eigenvalue weighted by molar-refractivity contribution is -0.929. The minimum atomic E-state index is 0.798. The van der Waals surface area contributed by atoms with Crippen molar-refractivity contribution in [3.8, 4) is 0 Å². The third-order valence-corrected chi connectivity index (χ3v) is 5.28. The van der Waals surface area contributed by atoms with Crippen LogP contribution in [0.4, 0.5) is 5.69 Å². The molecule has 1 saturated carbocycles. The fourth-order valence-electron chi connectivity index (χ4n) is 3.52. The second-order valence-corrected chi connectivity index (χ2v) is 6.64. The Labute approximate surface area is 133 Å². The largest absolute Gasteiger partial charge is 0.315 e. The average Bonchev–Trinajstić information content (AvgIpc) is 2.56. The SMILES string of the molecule is CCc1ccc(N2C[NH+](C3CCCCC3)CNC2=S)cc1. The highest BCUT2D eigenvalue weighted by Gasteiger charge is 2.31. The maximum Gasteiger partial charge on any atom is 0.182 e. The quantitative estimate of drug-likeness (QED) is 0.834. The topological polar surface area (TPSA) is 19.7 Å². The Bertz CT molecular complexity index is 479. The van der Waals surface area contributed by atoms with Crippen molar-refractivity contribution >= 4 is 23.0 Å². The number of aryl methyl sites for hydroxylation is 1. The Morgan fingerprint density at radius 2 is 1.90 bits per heavy atom. The number of quaternary nitrogens is 1. The van der Waals surface area contributed by atoms with Gasteiger partial charge in [0.2, 0.25) is 0 Å². The van der Waals surface area contributed by atoms with Crippen LogP contribution in [0.3, 0.4) is 0 Å². The van der Waals surface area contributed by atoms with Crippen molar-refractivity contribution in [2.45, 2.75) is 51.5 Å². The molecule has 114 valence electrons. The van der Waals surface area contributed by atoms with E-state index in [-0.39, 0.29) is 0 Å². The van der Waals surface area contributed by atoms with E-state index >= 15 is 0 Å². The number of rotatable bonds is 3. The Morgan fingerprint density at radius 3 is 2.57 bits per heavy atom. The molecule has 1 aromatic carbocycles. The zero-order valence-corrected chi connectivity index (χ0v) is 13.7. The highest BCUT2D eigenvalue weighted by molar-refractivity contribution is 7.80. The van der Waals surface area contributed by atoms with Gasteiger partial charge in [-0.1, -0.05) is 25.5 Å². The van der Waals surface area contributed by atoms with Crippen LogP contribution in [0.2, 0.25) is 0 Å². The van der Waals surface area contributed by atoms with Gasteiger partial charge in [0, 0.05) is 5.69 Å². The Kier molecular flexibility index (Phi) is 4.76. The lowest BCUT2D eigenvalue weighted by atomic mass is 9.94. The summed E-state index contributed by atoms with van der Waals surface area (Å²) in [6.45, 7) is 4.17. The standard InChI is InChI=1S/C17H25N3S/c1-2-14-8-10-16(11-9-14)20-13-19(12-18-17(20)21)15-6-4-3-5-7-15/h8-11,15H,2-7,12-13H2,1H3,(H,18,21)/p+1. The number of nitrogens with zero attached hydrogens (tertiary/aromatic N) is 1. The van der Waals surface area contributed by atoms with Crippen molar-refractivity contribution in [3.05, 3.63) is 29.8 Å². The second kappa shape index (κ2) is 6.75. The average molecular weight is 304 g/mol. The molecule has 2 fully saturated rings. The number of hydrogen-bond acceptors (Lipinski definition) is 1. The van der Waals surface area contributed by atoms with E-state index in [1.165, 1.54) is 43.4 Å². The Morgan fingerprint density at radius 1 is 1.19 bits per heavy atom. The molecule has 0 spiro atoms. The van der Waals surface area contributed by atoms with E-state index in [0.29, 0.717) is 0 Å². The van der Waals surface area contributed by atoms with E-state index in [1.54, 1.807) is 4.90 Å². The maximum absolute atomic E-state index is 5.53. The third-order valence-electron chi connectivity index (χ3n) is 4.91. The summed E-state index contributed by atoms with van der Waals surface area (Å²) in [7, 11) is 0. The normalized spacial score (nSPS) is 24.0. The fraction of sp³-hybridized carbons (Fsp3) is 0.588. The third kappa shape index (κ3) is 3.38. The van der Waals surface area contributed by atoms with Crippen LogP contribution in [0.5, 0.6) is 0 Å². The molecule has 3 nitrogen and oxygen atoms in total. The summed E-state index contributed by atoms with van der Waals surface area (Å²) in [5.74, 6) is 0. The number of hydrogen-bond donors (Lipinski definition) is 2. The van der Waals surface area contributed by atoms with Gasteiger partial charge in [-0.25, -0.2) is 0 Å². The molecule has 2 N–H and O–H groups in total. The predicted molar refractivity (Wildman–Crippen MR) is 91.6 cm³/mol. The molecule has 1 aliphatic carbocycles. The van der Waals surface area contributed by atoms with E-state index in [0.717, 1.165) is 30.9 Å². The molecule has 1 saturated heterocycles. The minimum absolute atomic E-state index is 0.798. The number of anilines is 1. The van der Waals surface area contributed by atoms with Crippen molar-refractivity contribution in [2.24, 2.45) is 0 Å². The van der Waals surface area contributed by atoms with Gasteiger partial charge in [-0.3, -0.25) is 9.80 Å². The van der Waals surface area contributed by atoms with Gasteiger partial charge in [0.25, 0.3) is 0 Å². The van der Waals surface area contributed by atoms with Gasteiger partial charge in [0.05, 0.1) is 6.04 Å². The molecule has 21 heavy (non-hydrogen) atoms. The van der Waals surface area contributed by atoms with Gasteiger partial charge in [-0.15, -0.1) is 0 Å². The molecule has 1 heterocycles. The molecule has 0 radical (unpaired) electrons. The molecule has 1 atom stereocenters. The molecule has 2 aliphatic rings. The molecule has 0 aromatic heterocycles. The number of benzene rings is 1. The van der Waals surface area contributed by atoms with Crippen LogP contribution in [0.1, 0.15) is 44.6 Å². The minimum Gasteiger partial charge on any atom is -0.315 e. The summed E-state index contributed by atoms with van der Waals surface area (Å²) in [6, 6.07) is 9.64. The summed E-state index contributed by atoms with van der Waals surface area (Å²) >= 11 is 5.53. The summed E-state index contributed by atoms with van der Waals surface area (Å²) < 4.78 is 0. The zero-order chi connectivity index (χ0) is 14.7. The highest BCUT2D eigenvalue weighted by atomic mass is 32.1. The Hall–Kier alpha value is -1.13. The van der Waals surface area contributed by atoms with Crippen LogP contribution < -0.4 is 15.1 Å². The van der Waals surface area contributed by atoms with Crippen LogP contribution in [-0.4, -0.2) is 24.5 Å². The van der Waals surface area contributed by atoms with Gasteiger partial charge in [0.1, 0.15) is 0 Å². The van der Waals surface area contributed by atoms with Crippen molar-refractivity contribution in [3.63, 3.8) is 0 Å². The van der Waals surface area contributed by atoms with Crippen molar-refractivity contribution in [1.82, 2.24) is 5.32 Å². The summed E-state index contributed by atoms with van der Waals surface area (Å²) in [5.41, 5.74) is 2.60. The fourth-order valence-corrected chi connectivity index (χ4v) is 3.76. The smallest absolute Gasteiger partial charge is 0.182 e. The van der Waals surface area contributed by atoms with Crippen LogP contribution in [0, 0.1) is 0 Å². The van der Waals surface area contributed by atoms with E-state index in [2.05, 4.69) is 41.4 Å². The van der Waals surface area contributed by atoms with Gasteiger partial charge in [0.15, 0.2) is 18.4 Å².